The van der Waals surface area contributed by atoms with Crippen LogP contribution in [0.3, 0.4) is 0 Å². The van der Waals surface area contributed by atoms with Crippen molar-refractivity contribution < 1.29 is 4.39 Å². The van der Waals surface area contributed by atoms with Crippen LogP contribution in [0.4, 0.5) is 10.2 Å². The monoisotopic (exact) mass is 213 g/mol. The second-order valence-electron chi connectivity index (χ2n) is 3.06. The van der Waals surface area contributed by atoms with Crippen molar-refractivity contribution in [2.24, 2.45) is 0 Å². The predicted molar refractivity (Wildman–Crippen MR) is 52.8 cm³/mol. The van der Waals surface area contributed by atoms with Crippen LogP contribution >= 0.6 is 11.6 Å². The Labute approximate surface area is 86.2 Å². The van der Waals surface area contributed by atoms with Gasteiger partial charge in [0, 0.05) is 17.6 Å². The minimum absolute atomic E-state index is 0.513. The van der Waals surface area contributed by atoms with Crippen molar-refractivity contribution in [1.29, 1.82) is 0 Å². The van der Waals surface area contributed by atoms with Crippen LogP contribution in [0.5, 0.6) is 0 Å². The summed E-state index contributed by atoms with van der Waals surface area (Å²) in [6, 6.07) is 1.31. The number of hydrogen-bond acceptors (Lipinski definition) is 3. The second kappa shape index (κ2) is 3.92. The van der Waals surface area contributed by atoms with Crippen LogP contribution in [-0.4, -0.2) is 23.1 Å². The van der Waals surface area contributed by atoms with Gasteiger partial charge in [0.25, 0.3) is 0 Å². The molecule has 1 aromatic heterocycles. The van der Waals surface area contributed by atoms with Crippen LogP contribution in [0.1, 0.15) is 6.42 Å². The molecule has 1 aliphatic heterocycles. The van der Waals surface area contributed by atoms with Crippen molar-refractivity contribution in [2.75, 3.05) is 18.0 Å². The molecule has 14 heavy (non-hydrogen) atoms. The zero-order chi connectivity index (χ0) is 9.97. The molecule has 0 saturated carbocycles. The molecule has 0 aliphatic carbocycles. The van der Waals surface area contributed by atoms with Gasteiger partial charge in [-0.1, -0.05) is 17.7 Å². The van der Waals surface area contributed by atoms with Gasteiger partial charge in [-0.15, -0.1) is 0 Å². The molecule has 0 atom stereocenters. The highest BCUT2D eigenvalue weighted by atomic mass is 35.5. The number of aromatic nitrogens is 2. The molecule has 1 aliphatic rings. The van der Waals surface area contributed by atoms with Gasteiger partial charge in [-0.25, -0.2) is 9.97 Å². The van der Waals surface area contributed by atoms with E-state index in [-0.39, 0.29) is 0 Å². The lowest BCUT2D eigenvalue weighted by Crippen LogP contribution is -2.29. The molecule has 2 rings (SSSR count). The molecule has 3 nitrogen and oxygen atoms in total. The first-order valence-electron chi connectivity index (χ1n) is 4.33. The van der Waals surface area contributed by atoms with Gasteiger partial charge in [0.05, 0.1) is 6.54 Å². The lowest BCUT2D eigenvalue weighted by molar-refractivity contribution is 0.577. The maximum Gasteiger partial charge on any atom is 0.218 e. The molecule has 5 heteroatoms. The van der Waals surface area contributed by atoms with E-state index in [0.29, 0.717) is 12.4 Å². The molecule has 0 N–H and O–H groups in total. The smallest absolute Gasteiger partial charge is 0.218 e. The van der Waals surface area contributed by atoms with Gasteiger partial charge >= 0.3 is 0 Å². The zero-order valence-electron chi connectivity index (χ0n) is 7.45. The Morgan fingerprint density at radius 1 is 1.43 bits per heavy atom. The molecule has 0 spiro atoms. The summed E-state index contributed by atoms with van der Waals surface area (Å²) in [4.78, 5) is 9.31. The normalized spacial score (nSPS) is 16.7. The fraction of sp³-hybridized carbons (Fsp3) is 0.333. The third-order valence-corrected chi connectivity index (χ3v) is 2.32. The summed E-state index contributed by atoms with van der Waals surface area (Å²) in [5.41, 5.74) is 0. The van der Waals surface area contributed by atoms with Crippen molar-refractivity contribution in [1.82, 2.24) is 9.97 Å². The van der Waals surface area contributed by atoms with Crippen LogP contribution in [0.2, 0.25) is 0 Å². The van der Waals surface area contributed by atoms with E-state index in [1.807, 2.05) is 11.0 Å². The Hall–Kier alpha value is -1.16. The second-order valence-corrected chi connectivity index (χ2v) is 3.55. The number of rotatable bonds is 1. The fourth-order valence-electron chi connectivity index (χ4n) is 1.40. The van der Waals surface area contributed by atoms with Crippen LogP contribution in [0.15, 0.2) is 23.5 Å². The molecule has 74 valence electrons. The van der Waals surface area contributed by atoms with Gasteiger partial charge in [-0.05, 0) is 6.42 Å². The van der Waals surface area contributed by atoms with Crippen LogP contribution in [-0.2, 0) is 0 Å². The van der Waals surface area contributed by atoms with Crippen molar-refractivity contribution in [3.63, 3.8) is 0 Å². The lowest BCUT2D eigenvalue weighted by Gasteiger charge is -2.25. The molecular weight excluding hydrogens is 205 g/mol. The molecule has 0 amide bonds. The number of halogens is 2. The Morgan fingerprint density at radius 2 is 2.29 bits per heavy atom. The Bertz CT molecular complexity index is 367. The van der Waals surface area contributed by atoms with Gasteiger partial charge in [0.1, 0.15) is 12.1 Å². The average Bonchev–Trinajstić information content (AvgIpc) is 2.18. The predicted octanol–water partition coefficient (Wildman–Crippen LogP) is 1.95. The molecule has 0 unspecified atom stereocenters. The maximum absolute atomic E-state index is 12.8. The van der Waals surface area contributed by atoms with E-state index in [0.717, 1.165) is 18.0 Å². The molecule has 2 heterocycles. The molecule has 0 aromatic carbocycles. The van der Waals surface area contributed by atoms with Gasteiger partial charge < -0.3 is 4.90 Å². The van der Waals surface area contributed by atoms with Gasteiger partial charge in [-0.2, -0.15) is 4.39 Å². The van der Waals surface area contributed by atoms with Crippen molar-refractivity contribution in [3.05, 3.63) is 29.4 Å². The topological polar surface area (TPSA) is 29.0 Å². The van der Waals surface area contributed by atoms with Crippen LogP contribution in [0, 0.1) is 5.95 Å². The SMILES string of the molecule is Fc1cc(N2CCC=C(Cl)C2)ncn1. The van der Waals surface area contributed by atoms with E-state index in [1.165, 1.54) is 12.4 Å². The van der Waals surface area contributed by atoms with Crippen LogP contribution in [0.25, 0.3) is 0 Å². The number of nitrogens with zero attached hydrogens (tertiary/aromatic N) is 3. The Kier molecular flexibility index (Phi) is 2.63. The van der Waals surface area contributed by atoms with E-state index in [2.05, 4.69) is 9.97 Å². The molecule has 1 aromatic rings. The van der Waals surface area contributed by atoms with Crippen molar-refractivity contribution in [3.8, 4) is 0 Å². The van der Waals surface area contributed by atoms with Crippen molar-refractivity contribution >= 4 is 17.4 Å². The summed E-state index contributed by atoms with van der Waals surface area (Å²) in [6.07, 6.45) is 4.05. The van der Waals surface area contributed by atoms with Gasteiger partial charge in [0.15, 0.2) is 0 Å². The molecule has 0 saturated heterocycles. The molecular formula is C9H9ClFN3. The fourth-order valence-corrected chi connectivity index (χ4v) is 1.65. The molecule has 0 bridgehead atoms. The van der Waals surface area contributed by atoms with Crippen LogP contribution < -0.4 is 4.90 Å². The summed E-state index contributed by atoms with van der Waals surface area (Å²) in [5, 5.41) is 0.773. The number of anilines is 1. The molecule has 0 fully saturated rings. The summed E-state index contributed by atoms with van der Waals surface area (Å²) in [6.45, 7) is 1.41. The highest BCUT2D eigenvalue weighted by Crippen LogP contribution is 2.18. The van der Waals surface area contributed by atoms with E-state index >= 15 is 0 Å². The lowest BCUT2D eigenvalue weighted by atomic mass is 10.2. The zero-order valence-corrected chi connectivity index (χ0v) is 8.21. The van der Waals surface area contributed by atoms with Crippen molar-refractivity contribution in [2.45, 2.75) is 6.42 Å². The third kappa shape index (κ3) is 2.01. The maximum atomic E-state index is 12.8. The first kappa shape index (κ1) is 9.40. The highest BCUT2D eigenvalue weighted by Gasteiger charge is 2.13. The van der Waals surface area contributed by atoms with Gasteiger partial charge in [-0.3, -0.25) is 0 Å². The minimum atomic E-state index is -0.513. The Balaban J connectivity index is 2.19. The third-order valence-electron chi connectivity index (χ3n) is 2.05. The standard InChI is InChI=1S/C9H9ClFN3/c10-7-2-1-3-14(5-7)9-4-8(11)12-6-13-9/h2,4,6H,1,3,5H2. The summed E-state index contributed by atoms with van der Waals surface area (Å²) >= 11 is 5.88. The summed E-state index contributed by atoms with van der Waals surface area (Å²) in [7, 11) is 0. The van der Waals surface area contributed by atoms with E-state index in [1.54, 1.807) is 0 Å². The largest absolute Gasteiger partial charge is 0.351 e. The highest BCUT2D eigenvalue weighted by molar-refractivity contribution is 6.30. The Morgan fingerprint density at radius 3 is 3.00 bits per heavy atom. The van der Waals surface area contributed by atoms with Gasteiger partial charge in [0.2, 0.25) is 5.95 Å². The number of hydrogen-bond donors (Lipinski definition) is 0. The minimum Gasteiger partial charge on any atom is -0.351 e. The van der Waals surface area contributed by atoms with E-state index < -0.39 is 5.95 Å². The molecule has 0 radical (unpaired) electrons. The summed E-state index contributed by atoms with van der Waals surface area (Å²) in [5.74, 6) is 0.0735. The van der Waals surface area contributed by atoms with E-state index in [9.17, 15) is 4.39 Å². The van der Waals surface area contributed by atoms with E-state index in [4.69, 9.17) is 11.6 Å². The first-order chi connectivity index (χ1) is 6.75. The quantitative estimate of drug-likeness (QED) is 0.668. The average molecular weight is 214 g/mol. The summed E-state index contributed by atoms with van der Waals surface area (Å²) < 4.78 is 12.8. The first-order valence-corrected chi connectivity index (χ1v) is 4.70.